The van der Waals surface area contributed by atoms with Crippen LogP contribution < -0.4 is 16.4 Å². The molecule has 2 atom stereocenters. The Bertz CT molecular complexity index is 764. The van der Waals surface area contributed by atoms with Crippen LogP contribution >= 0.6 is 11.3 Å². The van der Waals surface area contributed by atoms with Crippen LogP contribution in [0.1, 0.15) is 35.8 Å². The van der Waals surface area contributed by atoms with Gasteiger partial charge in [0, 0.05) is 6.04 Å². The van der Waals surface area contributed by atoms with E-state index in [4.69, 9.17) is 5.73 Å². The molecule has 0 saturated heterocycles. The van der Waals surface area contributed by atoms with Gasteiger partial charge in [0.15, 0.2) is 11.6 Å². The van der Waals surface area contributed by atoms with Gasteiger partial charge in [-0.15, -0.1) is 11.3 Å². The van der Waals surface area contributed by atoms with E-state index in [0.29, 0.717) is 10.6 Å². The zero-order chi connectivity index (χ0) is 17.9. The molecule has 8 heteroatoms. The number of rotatable bonds is 6. The molecule has 0 aliphatic heterocycles. The lowest BCUT2D eigenvalue weighted by molar-refractivity contribution is -0.117. The van der Waals surface area contributed by atoms with Crippen LogP contribution in [-0.2, 0) is 4.79 Å². The molecule has 24 heavy (non-hydrogen) atoms. The first-order chi connectivity index (χ1) is 11.3. The first kappa shape index (κ1) is 18.0. The van der Waals surface area contributed by atoms with Gasteiger partial charge in [-0.1, -0.05) is 6.07 Å². The Morgan fingerprint density at radius 3 is 2.50 bits per heavy atom. The van der Waals surface area contributed by atoms with E-state index in [2.05, 4.69) is 10.6 Å². The molecule has 0 fully saturated rings. The molecule has 0 unspecified atom stereocenters. The van der Waals surface area contributed by atoms with Gasteiger partial charge in [0.2, 0.25) is 5.91 Å². The van der Waals surface area contributed by atoms with Crippen LogP contribution in [0.4, 0.5) is 13.8 Å². The molecule has 2 aromatic rings. The Balaban J connectivity index is 2.01. The number of nitrogens with two attached hydrogens (primary N) is 1. The number of benzene rings is 1. The van der Waals surface area contributed by atoms with E-state index in [-0.39, 0.29) is 17.5 Å². The van der Waals surface area contributed by atoms with Gasteiger partial charge in [-0.25, -0.2) is 8.78 Å². The lowest BCUT2D eigenvalue weighted by Crippen LogP contribution is -2.39. The Labute approximate surface area is 141 Å². The topological polar surface area (TPSA) is 84.2 Å². The molecule has 0 aliphatic rings. The van der Waals surface area contributed by atoms with E-state index in [1.54, 1.807) is 19.2 Å². The minimum absolute atomic E-state index is 0.245. The summed E-state index contributed by atoms with van der Waals surface area (Å²) in [4.78, 5) is 23.5. The van der Waals surface area contributed by atoms with Crippen molar-refractivity contribution in [2.45, 2.75) is 25.9 Å². The van der Waals surface area contributed by atoms with Gasteiger partial charge in [-0.3, -0.25) is 14.9 Å². The molecule has 5 nitrogen and oxygen atoms in total. The Hall–Kier alpha value is -2.32. The second-order valence-corrected chi connectivity index (χ2v) is 6.22. The summed E-state index contributed by atoms with van der Waals surface area (Å²) in [6.07, 6.45) is 0. The summed E-state index contributed by atoms with van der Waals surface area (Å²) >= 11 is 1.19. The van der Waals surface area contributed by atoms with E-state index < -0.39 is 23.6 Å². The third-order valence-electron chi connectivity index (χ3n) is 3.50. The predicted octanol–water partition coefficient (Wildman–Crippen LogP) is 2.80. The van der Waals surface area contributed by atoms with Gasteiger partial charge in [0.1, 0.15) is 5.00 Å². The third-order valence-corrected chi connectivity index (χ3v) is 4.33. The monoisotopic (exact) mass is 353 g/mol. The fraction of sp³-hybridized carbons (Fsp3) is 0.250. The van der Waals surface area contributed by atoms with Crippen LogP contribution in [0.15, 0.2) is 29.6 Å². The number of nitrogens with one attached hydrogen (secondary N) is 2. The highest BCUT2D eigenvalue weighted by atomic mass is 32.1. The summed E-state index contributed by atoms with van der Waals surface area (Å²) in [6.45, 7) is 3.36. The molecule has 0 bridgehead atoms. The highest BCUT2D eigenvalue weighted by Gasteiger charge is 2.19. The van der Waals surface area contributed by atoms with Crippen molar-refractivity contribution in [2.75, 3.05) is 5.32 Å². The van der Waals surface area contributed by atoms with Crippen LogP contribution in [0.2, 0.25) is 0 Å². The van der Waals surface area contributed by atoms with Gasteiger partial charge in [-0.2, -0.15) is 0 Å². The number of carbonyl (C=O) groups is 2. The molecule has 0 spiro atoms. The van der Waals surface area contributed by atoms with E-state index >= 15 is 0 Å². The second kappa shape index (κ2) is 7.50. The predicted molar refractivity (Wildman–Crippen MR) is 88.8 cm³/mol. The lowest BCUT2D eigenvalue weighted by atomic mass is 10.1. The van der Waals surface area contributed by atoms with E-state index in [9.17, 15) is 18.4 Å². The fourth-order valence-electron chi connectivity index (χ4n) is 2.15. The maximum atomic E-state index is 13.3. The molecule has 1 heterocycles. The summed E-state index contributed by atoms with van der Waals surface area (Å²) in [5, 5.41) is 7.65. The maximum Gasteiger partial charge on any atom is 0.251 e. The maximum absolute atomic E-state index is 13.3. The number of halogens is 2. The van der Waals surface area contributed by atoms with Crippen molar-refractivity contribution in [1.29, 1.82) is 0 Å². The van der Waals surface area contributed by atoms with Crippen molar-refractivity contribution in [3.05, 3.63) is 52.4 Å². The zero-order valence-corrected chi connectivity index (χ0v) is 13.9. The van der Waals surface area contributed by atoms with Gasteiger partial charge in [0.05, 0.1) is 11.6 Å². The minimum Gasteiger partial charge on any atom is -0.366 e. The average molecular weight is 353 g/mol. The first-order valence-corrected chi connectivity index (χ1v) is 8.06. The summed E-state index contributed by atoms with van der Waals surface area (Å²) < 4.78 is 26.3. The minimum atomic E-state index is -0.942. The standard InChI is InChI=1S/C16H17F2N3O2S/c1-8(10-3-4-12(17)13(18)7-10)20-9(2)15(23)21-16-11(14(19)22)5-6-24-16/h3-9,20H,1-2H3,(H2,19,22)(H,21,23)/t8-,9+/m1/s1. The first-order valence-electron chi connectivity index (χ1n) is 7.18. The van der Waals surface area contributed by atoms with Crippen molar-refractivity contribution in [3.63, 3.8) is 0 Å². The van der Waals surface area contributed by atoms with E-state index in [1.807, 2.05) is 0 Å². The fourth-order valence-corrected chi connectivity index (χ4v) is 2.94. The zero-order valence-electron chi connectivity index (χ0n) is 13.1. The molecule has 1 aromatic heterocycles. The highest BCUT2D eigenvalue weighted by Crippen LogP contribution is 2.23. The van der Waals surface area contributed by atoms with Crippen LogP contribution in [-0.4, -0.2) is 17.9 Å². The Morgan fingerprint density at radius 1 is 1.17 bits per heavy atom. The summed E-state index contributed by atoms with van der Waals surface area (Å²) in [5.41, 5.74) is 5.99. The smallest absolute Gasteiger partial charge is 0.251 e. The van der Waals surface area contributed by atoms with Gasteiger partial charge in [0.25, 0.3) is 5.91 Å². The molecule has 1 aromatic carbocycles. The van der Waals surface area contributed by atoms with Crippen molar-refractivity contribution in [2.24, 2.45) is 5.73 Å². The van der Waals surface area contributed by atoms with Crippen molar-refractivity contribution in [3.8, 4) is 0 Å². The Morgan fingerprint density at radius 2 is 1.88 bits per heavy atom. The van der Waals surface area contributed by atoms with Gasteiger partial charge < -0.3 is 11.1 Å². The molecule has 2 rings (SSSR count). The molecule has 4 N–H and O–H groups in total. The molecular formula is C16H17F2N3O2S. The molecule has 0 saturated carbocycles. The van der Waals surface area contributed by atoms with Crippen LogP contribution in [0.5, 0.6) is 0 Å². The number of anilines is 1. The molecule has 0 radical (unpaired) electrons. The quantitative estimate of drug-likeness (QED) is 0.747. The summed E-state index contributed by atoms with van der Waals surface area (Å²) in [6, 6.07) is 4.10. The SMILES string of the molecule is C[C@H](N[C@H](C)c1ccc(F)c(F)c1)C(=O)Nc1sccc1C(N)=O. The van der Waals surface area contributed by atoms with E-state index in [0.717, 1.165) is 12.1 Å². The molecular weight excluding hydrogens is 336 g/mol. The summed E-state index contributed by atoms with van der Waals surface area (Å²) in [5.74, 6) is -2.85. The molecule has 0 aliphatic carbocycles. The Kier molecular flexibility index (Phi) is 5.63. The molecule has 128 valence electrons. The van der Waals surface area contributed by atoms with Gasteiger partial charge in [-0.05, 0) is 43.0 Å². The number of thiophene rings is 1. The van der Waals surface area contributed by atoms with Crippen LogP contribution in [0.3, 0.4) is 0 Å². The highest BCUT2D eigenvalue weighted by molar-refractivity contribution is 7.14. The number of amides is 2. The second-order valence-electron chi connectivity index (χ2n) is 5.30. The lowest BCUT2D eigenvalue weighted by Gasteiger charge is -2.20. The number of primary amides is 1. The third kappa shape index (κ3) is 4.15. The van der Waals surface area contributed by atoms with Crippen molar-refractivity contribution < 1.29 is 18.4 Å². The number of hydrogen-bond acceptors (Lipinski definition) is 4. The van der Waals surface area contributed by atoms with Crippen LogP contribution in [0.25, 0.3) is 0 Å². The number of carbonyl (C=O) groups excluding carboxylic acids is 2. The van der Waals surface area contributed by atoms with Crippen LogP contribution in [0, 0.1) is 11.6 Å². The van der Waals surface area contributed by atoms with E-state index in [1.165, 1.54) is 23.5 Å². The number of hydrogen-bond donors (Lipinski definition) is 3. The van der Waals surface area contributed by atoms with Gasteiger partial charge >= 0.3 is 0 Å². The van der Waals surface area contributed by atoms with Crippen molar-refractivity contribution >= 4 is 28.2 Å². The van der Waals surface area contributed by atoms with Crippen molar-refractivity contribution in [1.82, 2.24) is 5.32 Å². The average Bonchev–Trinajstić information content (AvgIpc) is 2.98. The summed E-state index contributed by atoms with van der Waals surface area (Å²) in [7, 11) is 0. The molecule has 2 amide bonds. The largest absolute Gasteiger partial charge is 0.366 e. The normalized spacial score (nSPS) is 13.3.